The number of esters is 1. The van der Waals surface area contributed by atoms with E-state index >= 15 is 0 Å². The molecule has 0 atom stereocenters. The van der Waals surface area contributed by atoms with E-state index in [1.165, 1.54) is 17.9 Å². The van der Waals surface area contributed by atoms with Gasteiger partial charge in [-0.1, -0.05) is 12.1 Å². The van der Waals surface area contributed by atoms with Crippen molar-refractivity contribution in [3.05, 3.63) is 41.2 Å². The SMILES string of the molecule is COC(=O)c1c(N)c(C#N)cn1-c1cccc(B(O)O)c1C. The van der Waals surface area contributed by atoms with Gasteiger partial charge in [0.15, 0.2) is 5.69 Å². The van der Waals surface area contributed by atoms with Crippen molar-refractivity contribution in [1.29, 1.82) is 5.26 Å². The van der Waals surface area contributed by atoms with Crippen molar-refractivity contribution in [3.8, 4) is 11.8 Å². The Balaban J connectivity index is 2.76. The molecule has 112 valence electrons. The van der Waals surface area contributed by atoms with Gasteiger partial charge >= 0.3 is 13.1 Å². The molecule has 0 bridgehead atoms. The second kappa shape index (κ2) is 5.93. The topological polar surface area (TPSA) is 122 Å². The van der Waals surface area contributed by atoms with Crippen LogP contribution in [0.1, 0.15) is 21.6 Å². The molecule has 0 amide bonds. The highest BCUT2D eigenvalue weighted by Gasteiger charge is 2.24. The third kappa shape index (κ3) is 2.43. The molecular weight excluding hydrogens is 285 g/mol. The van der Waals surface area contributed by atoms with Crippen molar-refractivity contribution >= 4 is 24.2 Å². The number of nitrogen functional groups attached to an aromatic ring is 1. The van der Waals surface area contributed by atoms with E-state index in [-0.39, 0.29) is 16.9 Å². The van der Waals surface area contributed by atoms with E-state index < -0.39 is 13.1 Å². The summed E-state index contributed by atoms with van der Waals surface area (Å²) in [6.07, 6.45) is 1.41. The van der Waals surface area contributed by atoms with Crippen LogP contribution in [0.25, 0.3) is 5.69 Å². The molecule has 0 aliphatic heterocycles. The van der Waals surface area contributed by atoms with Crippen molar-refractivity contribution in [1.82, 2.24) is 4.57 Å². The van der Waals surface area contributed by atoms with Crippen molar-refractivity contribution in [2.75, 3.05) is 12.8 Å². The summed E-state index contributed by atoms with van der Waals surface area (Å²) < 4.78 is 6.12. The number of ether oxygens (including phenoxy) is 1. The first-order chi connectivity index (χ1) is 10.4. The standard InChI is InChI=1S/C14H14BN3O4/c1-8-10(15(20)21)4-3-5-11(8)18-7-9(6-16)12(17)13(18)14(19)22-2/h3-5,7,20-21H,17H2,1-2H3. The molecule has 0 radical (unpaired) electrons. The average molecular weight is 299 g/mol. The van der Waals surface area contributed by atoms with Crippen LogP contribution in [0.2, 0.25) is 0 Å². The van der Waals surface area contributed by atoms with Gasteiger partial charge in [0.2, 0.25) is 0 Å². The summed E-state index contributed by atoms with van der Waals surface area (Å²) in [6.45, 7) is 1.67. The summed E-state index contributed by atoms with van der Waals surface area (Å²) in [5.41, 5.74) is 7.34. The lowest BCUT2D eigenvalue weighted by molar-refractivity contribution is 0.0593. The number of carbonyl (C=O) groups excluding carboxylic acids is 1. The van der Waals surface area contributed by atoms with E-state index in [4.69, 9.17) is 15.7 Å². The molecule has 0 spiro atoms. The fourth-order valence-corrected chi connectivity index (χ4v) is 2.29. The van der Waals surface area contributed by atoms with E-state index in [0.29, 0.717) is 16.7 Å². The van der Waals surface area contributed by atoms with Gasteiger partial charge < -0.3 is 25.1 Å². The maximum absolute atomic E-state index is 12.0. The summed E-state index contributed by atoms with van der Waals surface area (Å²) in [7, 11) is -0.434. The first-order valence-corrected chi connectivity index (χ1v) is 6.37. The average Bonchev–Trinajstić information content (AvgIpc) is 2.83. The zero-order valence-corrected chi connectivity index (χ0v) is 12.1. The minimum Gasteiger partial charge on any atom is -0.464 e. The van der Waals surface area contributed by atoms with Crippen molar-refractivity contribution in [3.63, 3.8) is 0 Å². The molecule has 0 unspecified atom stereocenters. The molecule has 1 aromatic carbocycles. The Bertz CT molecular complexity index is 777. The van der Waals surface area contributed by atoms with Crippen LogP contribution in [0, 0.1) is 18.3 Å². The molecule has 0 fully saturated rings. The van der Waals surface area contributed by atoms with Crippen LogP contribution in [-0.4, -0.2) is 34.8 Å². The number of aromatic nitrogens is 1. The lowest BCUT2D eigenvalue weighted by atomic mass is 9.77. The number of nitrogens with zero attached hydrogens (tertiary/aromatic N) is 2. The van der Waals surface area contributed by atoms with Gasteiger partial charge in [-0.25, -0.2) is 4.79 Å². The van der Waals surface area contributed by atoms with E-state index in [1.54, 1.807) is 25.1 Å². The molecule has 1 aromatic heterocycles. The number of nitrogens with two attached hydrogens (primary N) is 1. The summed E-state index contributed by atoms with van der Waals surface area (Å²) in [5, 5.41) is 27.9. The van der Waals surface area contributed by atoms with Crippen molar-refractivity contribution in [2.24, 2.45) is 0 Å². The third-order valence-electron chi connectivity index (χ3n) is 3.43. The maximum Gasteiger partial charge on any atom is 0.488 e. The minimum absolute atomic E-state index is 0.0173. The Morgan fingerprint density at radius 2 is 2.14 bits per heavy atom. The van der Waals surface area contributed by atoms with Crippen LogP contribution in [-0.2, 0) is 4.74 Å². The van der Waals surface area contributed by atoms with Crippen molar-refractivity contribution < 1.29 is 19.6 Å². The van der Waals surface area contributed by atoms with Crippen LogP contribution in [0.4, 0.5) is 5.69 Å². The second-order valence-corrected chi connectivity index (χ2v) is 4.64. The number of rotatable bonds is 3. The number of hydrogen-bond acceptors (Lipinski definition) is 6. The van der Waals surface area contributed by atoms with Crippen LogP contribution in [0.5, 0.6) is 0 Å². The molecule has 4 N–H and O–H groups in total. The fraction of sp³-hybridized carbons (Fsp3) is 0.143. The molecular formula is C14H14BN3O4. The number of carbonyl (C=O) groups is 1. The molecule has 22 heavy (non-hydrogen) atoms. The highest BCUT2D eigenvalue weighted by molar-refractivity contribution is 6.59. The smallest absolute Gasteiger partial charge is 0.464 e. The Morgan fingerprint density at radius 3 is 2.68 bits per heavy atom. The first-order valence-electron chi connectivity index (χ1n) is 6.37. The second-order valence-electron chi connectivity index (χ2n) is 4.64. The molecule has 1 heterocycles. The van der Waals surface area contributed by atoms with E-state index in [2.05, 4.69) is 0 Å². The zero-order chi connectivity index (χ0) is 16.4. The number of methoxy groups -OCH3 is 1. The molecule has 2 aromatic rings. The summed E-state index contributed by atoms with van der Waals surface area (Å²) in [5.74, 6) is -0.687. The van der Waals surface area contributed by atoms with E-state index in [9.17, 15) is 14.8 Å². The Kier molecular flexibility index (Phi) is 4.21. The number of hydrogen-bond donors (Lipinski definition) is 3. The Morgan fingerprint density at radius 1 is 1.45 bits per heavy atom. The predicted molar refractivity (Wildman–Crippen MR) is 80.8 cm³/mol. The molecule has 0 saturated carbocycles. The van der Waals surface area contributed by atoms with E-state index in [1.807, 2.05) is 6.07 Å². The normalized spacial score (nSPS) is 10.1. The Hall–Kier alpha value is -2.76. The Labute approximate surface area is 127 Å². The van der Waals surface area contributed by atoms with Gasteiger partial charge in [-0.15, -0.1) is 0 Å². The van der Waals surface area contributed by atoms with Crippen LogP contribution < -0.4 is 11.2 Å². The number of nitriles is 1. The van der Waals surface area contributed by atoms with Gasteiger partial charge in [0, 0.05) is 11.9 Å². The minimum atomic E-state index is -1.65. The molecule has 8 heteroatoms. The van der Waals surface area contributed by atoms with E-state index in [0.717, 1.165) is 0 Å². The van der Waals surface area contributed by atoms with Gasteiger partial charge in [-0.2, -0.15) is 5.26 Å². The van der Waals surface area contributed by atoms with Gasteiger partial charge in [0.05, 0.1) is 18.4 Å². The summed E-state index contributed by atoms with van der Waals surface area (Å²) in [6, 6.07) is 6.75. The van der Waals surface area contributed by atoms with Gasteiger partial charge in [-0.3, -0.25) is 0 Å². The quantitative estimate of drug-likeness (QED) is 0.528. The zero-order valence-electron chi connectivity index (χ0n) is 12.1. The predicted octanol–water partition coefficient (Wildman–Crippen LogP) is -0.294. The molecule has 2 rings (SSSR count). The number of anilines is 1. The maximum atomic E-state index is 12.0. The van der Waals surface area contributed by atoms with Crippen LogP contribution in [0.3, 0.4) is 0 Å². The van der Waals surface area contributed by atoms with Gasteiger partial charge in [-0.05, 0) is 24.0 Å². The summed E-state index contributed by atoms with van der Waals surface area (Å²) >= 11 is 0. The highest BCUT2D eigenvalue weighted by Crippen LogP contribution is 2.25. The van der Waals surface area contributed by atoms with Crippen LogP contribution in [0.15, 0.2) is 24.4 Å². The lowest BCUT2D eigenvalue weighted by Gasteiger charge is -2.14. The fourth-order valence-electron chi connectivity index (χ4n) is 2.29. The van der Waals surface area contributed by atoms with Crippen molar-refractivity contribution in [2.45, 2.75) is 6.92 Å². The lowest BCUT2D eigenvalue weighted by Crippen LogP contribution is -2.33. The molecule has 0 aliphatic carbocycles. The van der Waals surface area contributed by atoms with Crippen LogP contribution >= 0.6 is 0 Å². The molecule has 7 nitrogen and oxygen atoms in total. The monoisotopic (exact) mass is 299 g/mol. The third-order valence-corrected chi connectivity index (χ3v) is 3.43. The molecule has 0 saturated heterocycles. The first kappa shape index (κ1) is 15.6. The van der Waals surface area contributed by atoms with Gasteiger partial charge in [0.1, 0.15) is 6.07 Å². The largest absolute Gasteiger partial charge is 0.488 e. The summed E-state index contributed by atoms with van der Waals surface area (Å²) in [4.78, 5) is 12.0. The number of benzene rings is 1. The highest BCUT2D eigenvalue weighted by atomic mass is 16.5. The molecule has 0 aliphatic rings. The van der Waals surface area contributed by atoms with Gasteiger partial charge in [0.25, 0.3) is 0 Å².